The van der Waals surface area contributed by atoms with Crippen LogP contribution in [0.1, 0.15) is 6.92 Å². The van der Waals surface area contributed by atoms with Crippen molar-refractivity contribution in [1.82, 2.24) is 9.80 Å². The summed E-state index contributed by atoms with van der Waals surface area (Å²) in [5, 5.41) is 8.79. The molecule has 20 heavy (non-hydrogen) atoms. The first-order chi connectivity index (χ1) is 9.26. The first-order valence-electron chi connectivity index (χ1n) is 5.94. The van der Waals surface area contributed by atoms with E-state index in [1.165, 1.54) is 9.80 Å². The Labute approximate surface area is 116 Å². The molecule has 0 aromatic carbocycles. The summed E-state index contributed by atoms with van der Waals surface area (Å²) in [6, 6.07) is -0.391. The molecule has 5 N–H and O–H groups in total. The van der Waals surface area contributed by atoms with Gasteiger partial charge >= 0.3 is 5.97 Å². The SMILES string of the molecule is C[C@H](CN(CC=O)CC(N)=O)N(CC(N)=O)CC(=O)O. The van der Waals surface area contributed by atoms with Crippen LogP contribution in [-0.2, 0) is 19.2 Å². The molecule has 0 aliphatic heterocycles. The maximum absolute atomic E-state index is 10.9. The summed E-state index contributed by atoms with van der Waals surface area (Å²) in [7, 11) is 0. The van der Waals surface area contributed by atoms with Gasteiger partial charge in [0.25, 0.3) is 0 Å². The van der Waals surface area contributed by atoms with Crippen molar-refractivity contribution in [2.45, 2.75) is 13.0 Å². The number of hydrogen-bond acceptors (Lipinski definition) is 6. The van der Waals surface area contributed by atoms with Crippen molar-refractivity contribution in [1.29, 1.82) is 0 Å². The summed E-state index contributed by atoms with van der Waals surface area (Å²) >= 11 is 0. The number of aldehydes is 1. The molecule has 0 saturated heterocycles. The number of amides is 2. The number of carbonyl (C=O) groups is 4. The molecule has 0 aromatic rings. The summed E-state index contributed by atoms with van der Waals surface area (Å²) < 4.78 is 0. The summed E-state index contributed by atoms with van der Waals surface area (Å²) in [5.41, 5.74) is 10.1. The molecule has 9 heteroatoms. The zero-order chi connectivity index (χ0) is 15.7. The molecule has 0 fully saturated rings. The van der Waals surface area contributed by atoms with E-state index in [-0.39, 0.29) is 32.7 Å². The molecule has 0 aliphatic rings. The fourth-order valence-corrected chi connectivity index (χ4v) is 1.76. The highest BCUT2D eigenvalue weighted by molar-refractivity contribution is 5.77. The van der Waals surface area contributed by atoms with Gasteiger partial charge in [-0.05, 0) is 6.92 Å². The molecule has 0 bridgehead atoms. The second-order valence-electron chi connectivity index (χ2n) is 4.44. The van der Waals surface area contributed by atoms with E-state index in [1.807, 2.05) is 0 Å². The first kappa shape index (κ1) is 18.0. The van der Waals surface area contributed by atoms with Gasteiger partial charge in [-0.2, -0.15) is 0 Å². The maximum Gasteiger partial charge on any atom is 0.317 e. The second-order valence-corrected chi connectivity index (χ2v) is 4.44. The molecule has 0 aliphatic carbocycles. The van der Waals surface area contributed by atoms with Crippen LogP contribution >= 0.6 is 0 Å². The van der Waals surface area contributed by atoms with Crippen molar-refractivity contribution in [3.8, 4) is 0 Å². The lowest BCUT2D eigenvalue weighted by Crippen LogP contribution is -2.49. The molecule has 0 unspecified atom stereocenters. The van der Waals surface area contributed by atoms with Gasteiger partial charge in [-0.1, -0.05) is 0 Å². The number of hydrogen-bond donors (Lipinski definition) is 3. The van der Waals surface area contributed by atoms with Crippen LogP contribution in [0.3, 0.4) is 0 Å². The summed E-state index contributed by atoms with van der Waals surface area (Å²) in [4.78, 5) is 45.9. The number of carboxylic acids is 1. The topological polar surface area (TPSA) is 147 Å². The molecular weight excluding hydrogens is 268 g/mol. The van der Waals surface area contributed by atoms with Gasteiger partial charge in [0.15, 0.2) is 0 Å². The lowest BCUT2D eigenvalue weighted by molar-refractivity contribution is -0.139. The highest BCUT2D eigenvalue weighted by Gasteiger charge is 2.21. The number of aliphatic carboxylic acids is 1. The fourth-order valence-electron chi connectivity index (χ4n) is 1.76. The molecule has 114 valence electrons. The van der Waals surface area contributed by atoms with Crippen molar-refractivity contribution in [2.24, 2.45) is 11.5 Å². The highest BCUT2D eigenvalue weighted by atomic mass is 16.4. The monoisotopic (exact) mass is 288 g/mol. The largest absolute Gasteiger partial charge is 0.480 e. The predicted molar refractivity (Wildman–Crippen MR) is 69.6 cm³/mol. The molecule has 0 spiro atoms. The Balaban J connectivity index is 4.70. The van der Waals surface area contributed by atoms with Gasteiger partial charge in [-0.3, -0.25) is 24.2 Å². The van der Waals surface area contributed by atoms with Crippen LogP contribution in [0.4, 0.5) is 0 Å². The zero-order valence-corrected chi connectivity index (χ0v) is 11.3. The first-order valence-corrected chi connectivity index (χ1v) is 5.94. The molecule has 0 radical (unpaired) electrons. The van der Waals surface area contributed by atoms with E-state index in [0.717, 1.165) is 0 Å². The number of carboxylic acid groups (broad SMARTS) is 1. The number of primary amides is 2. The molecular formula is C11H20N4O5. The Morgan fingerprint density at radius 3 is 2.10 bits per heavy atom. The average Bonchev–Trinajstić information content (AvgIpc) is 2.26. The number of rotatable bonds is 11. The van der Waals surface area contributed by atoms with Crippen LogP contribution in [-0.4, -0.2) is 77.7 Å². The van der Waals surface area contributed by atoms with E-state index in [1.54, 1.807) is 6.92 Å². The Bertz CT molecular complexity index is 358. The van der Waals surface area contributed by atoms with Crippen LogP contribution in [0, 0.1) is 0 Å². The van der Waals surface area contributed by atoms with Gasteiger partial charge in [-0.15, -0.1) is 0 Å². The minimum atomic E-state index is -1.10. The predicted octanol–water partition coefficient (Wildman–Crippen LogP) is -2.77. The van der Waals surface area contributed by atoms with Gasteiger partial charge in [0.2, 0.25) is 11.8 Å². The van der Waals surface area contributed by atoms with Crippen molar-refractivity contribution >= 4 is 24.1 Å². The fraction of sp³-hybridized carbons (Fsp3) is 0.636. The lowest BCUT2D eigenvalue weighted by atomic mass is 10.2. The van der Waals surface area contributed by atoms with Gasteiger partial charge in [-0.25, -0.2) is 0 Å². The lowest BCUT2D eigenvalue weighted by Gasteiger charge is -2.30. The van der Waals surface area contributed by atoms with Gasteiger partial charge < -0.3 is 21.4 Å². The number of nitrogens with two attached hydrogens (primary N) is 2. The quantitative estimate of drug-likeness (QED) is 0.349. The van der Waals surface area contributed by atoms with Crippen LogP contribution in [0.5, 0.6) is 0 Å². The normalized spacial score (nSPS) is 12.3. The Hall–Kier alpha value is -2.00. The molecule has 2 amide bonds. The number of nitrogens with zero attached hydrogens (tertiary/aromatic N) is 2. The zero-order valence-electron chi connectivity index (χ0n) is 11.3. The molecule has 0 aromatic heterocycles. The third-order valence-corrected chi connectivity index (χ3v) is 2.56. The average molecular weight is 288 g/mol. The standard InChI is InChI=1S/C11H20N4O5/c1-8(4-14(2-3-16)5-9(12)17)15(6-10(13)18)7-11(19)20/h3,8H,2,4-7H2,1H3,(H2,12,17)(H2,13,18)(H,19,20)/t8-/m1/s1. The van der Waals surface area contributed by atoms with Gasteiger partial charge in [0.05, 0.1) is 26.2 Å². The highest BCUT2D eigenvalue weighted by Crippen LogP contribution is 2.02. The third kappa shape index (κ3) is 8.16. The molecule has 0 heterocycles. The Morgan fingerprint density at radius 2 is 1.70 bits per heavy atom. The van der Waals surface area contributed by atoms with Crippen molar-refractivity contribution in [3.63, 3.8) is 0 Å². The Morgan fingerprint density at radius 1 is 1.15 bits per heavy atom. The van der Waals surface area contributed by atoms with Crippen LogP contribution in [0.2, 0.25) is 0 Å². The minimum Gasteiger partial charge on any atom is -0.480 e. The molecule has 0 saturated carbocycles. The summed E-state index contributed by atoms with van der Waals surface area (Å²) in [6.07, 6.45) is 0.616. The summed E-state index contributed by atoms with van der Waals surface area (Å²) in [6.45, 7) is 1.16. The van der Waals surface area contributed by atoms with E-state index in [0.29, 0.717) is 6.29 Å². The smallest absolute Gasteiger partial charge is 0.317 e. The van der Waals surface area contributed by atoms with Crippen LogP contribution < -0.4 is 11.5 Å². The molecule has 1 atom stereocenters. The van der Waals surface area contributed by atoms with Crippen molar-refractivity contribution in [2.75, 3.05) is 32.7 Å². The van der Waals surface area contributed by atoms with E-state index in [4.69, 9.17) is 16.6 Å². The maximum atomic E-state index is 10.9. The van der Waals surface area contributed by atoms with E-state index >= 15 is 0 Å². The van der Waals surface area contributed by atoms with Crippen molar-refractivity contribution in [3.05, 3.63) is 0 Å². The van der Waals surface area contributed by atoms with Crippen LogP contribution in [0.15, 0.2) is 0 Å². The van der Waals surface area contributed by atoms with E-state index < -0.39 is 23.8 Å². The van der Waals surface area contributed by atoms with Crippen LogP contribution in [0.25, 0.3) is 0 Å². The third-order valence-electron chi connectivity index (χ3n) is 2.56. The van der Waals surface area contributed by atoms with E-state index in [2.05, 4.69) is 0 Å². The number of carbonyl (C=O) groups excluding carboxylic acids is 3. The molecule has 9 nitrogen and oxygen atoms in total. The van der Waals surface area contributed by atoms with Gasteiger partial charge in [0, 0.05) is 12.6 Å². The van der Waals surface area contributed by atoms with Crippen molar-refractivity contribution < 1.29 is 24.3 Å². The summed E-state index contributed by atoms with van der Waals surface area (Å²) in [5.74, 6) is -2.36. The van der Waals surface area contributed by atoms with E-state index in [9.17, 15) is 19.2 Å². The Kier molecular flexibility index (Phi) is 8.09. The van der Waals surface area contributed by atoms with Gasteiger partial charge in [0.1, 0.15) is 6.29 Å². The molecule has 0 rings (SSSR count). The second kappa shape index (κ2) is 8.99. The minimum absolute atomic E-state index is 0.00916.